The van der Waals surface area contributed by atoms with Crippen LogP contribution in [0, 0.1) is 5.92 Å². The molecular formula is C14H26N4S. The Bertz CT molecular complexity index is 369. The zero-order chi connectivity index (χ0) is 13.7. The van der Waals surface area contributed by atoms with E-state index in [1.807, 2.05) is 0 Å². The molecule has 1 fully saturated rings. The van der Waals surface area contributed by atoms with Gasteiger partial charge in [-0.3, -0.25) is 0 Å². The van der Waals surface area contributed by atoms with Crippen LogP contribution in [0.15, 0.2) is 0 Å². The molecule has 0 spiro atoms. The molecule has 1 N–H and O–H groups in total. The van der Waals surface area contributed by atoms with Gasteiger partial charge in [0.2, 0.25) is 5.13 Å². The number of rotatable bonds is 6. The molecule has 1 aromatic rings. The minimum absolute atomic E-state index is 0.595. The van der Waals surface area contributed by atoms with Crippen LogP contribution in [0.25, 0.3) is 0 Å². The second-order valence-corrected chi connectivity index (χ2v) is 6.47. The summed E-state index contributed by atoms with van der Waals surface area (Å²) in [6.45, 7) is 10.0. The molecule has 0 atom stereocenters. The standard InChI is InChI=1S/C14H26N4S/c1-4-5-13-16-14(19-17-13)18-8-6-12(7-9-18)10-15-11(2)3/h11-12,15H,4-10H2,1-3H3. The van der Waals surface area contributed by atoms with Crippen molar-refractivity contribution in [1.82, 2.24) is 14.7 Å². The Balaban J connectivity index is 1.78. The minimum Gasteiger partial charge on any atom is -0.347 e. The fourth-order valence-corrected chi connectivity index (χ4v) is 3.19. The van der Waals surface area contributed by atoms with Gasteiger partial charge in [0.1, 0.15) is 5.82 Å². The third kappa shape index (κ3) is 4.42. The lowest BCUT2D eigenvalue weighted by molar-refractivity contribution is 0.370. The first-order valence-electron chi connectivity index (χ1n) is 7.50. The van der Waals surface area contributed by atoms with Crippen molar-refractivity contribution in [2.45, 2.75) is 52.5 Å². The fraction of sp³-hybridized carbons (Fsp3) is 0.857. The largest absolute Gasteiger partial charge is 0.347 e. The van der Waals surface area contributed by atoms with Gasteiger partial charge in [0, 0.05) is 37.1 Å². The van der Waals surface area contributed by atoms with Crippen LogP contribution in [0.4, 0.5) is 5.13 Å². The maximum absolute atomic E-state index is 4.64. The Labute approximate surface area is 120 Å². The van der Waals surface area contributed by atoms with Crippen LogP contribution in [-0.4, -0.2) is 35.0 Å². The molecule has 2 rings (SSSR count). The maximum Gasteiger partial charge on any atom is 0.205 e. The molecular weight excluding hydrogens is 256 g/mol. The minimum atomic E-state index is 0.595. The molecule has 19 heavy (non-hydrogen) atoms. The van der Waals surface area contributed by atoms with E-state index in [9.17, 15) is 0 Å². The van der Waals surface area contributed by atoms with Gasteiger partial charge in [-0.2, -0.15) is 4.37 Å². The highest BCUT2D eigenvalue weighted by Crippen LogP contribution is 2.24. The van der Waals surface area contributed by atoms with Gasteiger partial charge in [0.25, 0.3) is 0 Å². The first kappa shape index (κ1) is 14.7. The molecule has 0 radical (unpaired) electrons. The number of piperidine rings is 1. The zero-order valence-electron chi connectivity index (χ0n) is 12.4. The van der Waals surface area contributed by atoms with Crippen molar-refractivity contribution in [3.05, 3.63) is 5.82 Å². The van der Waals surface area contributed by atoms with E-state index in [0.29, 0.717) is 6.04 Å². The first-order valence-corrected chi connectivity index (χ1v) is 8.27. The summed E-state index contributed by atoms with van der Waals surface area (Å²) in [5.41, 5.74) is 0. The van der Waals surface area contributed by atoms with Crippen LogP contribution < -0.4 is 10.2 Å². The van der Waals surface area contributed by atoms with Crippen LogP contribution in [-0.2, 0) is 6.42 Å². The number of aromatic nitrogens is 2. The van der Waals surface area contributed by atoms with E-state index >= 15 is 0 Å². The van der Waals surface area contributed by atoms with Crippen LogP contribution in [0.5, 0.6) is 0 Å². The Morgan fingerprint density at radius 2 is 2.11 bits per heavy atom. The van der Waals surface area contributed by atoms with E-state index < -0.39 is 0 Å². The van der Waals surface area contributed by atoms with Gasteiger partial charge in [-0.05, 0) is 31.7 Å². The molecule has 108 valence electrons. The third-order valence-electron chi connectivity index (χ3n) is 3.63. The molecule has 5 heteroatoms. The highest BCUT2D eigenvalue weighted by molar-refractivity contribution is 7.09. The summed E-state index contributed by atoms with van der Waals surface area (Å²) in [7, 11) is 0. The number of anilines is 1. The Morgan fingerprint density at radius 1 is 1.37 bits per heavy atom. The van der Waals surface area contributed by atoms with Crippen molar-refractivity contribution in [2.75, 3.05) is 24.5 Å². The summed E-state index contributed by atoms with van der Waals surface area (Å²) < 4.78 is 4.44. The SMILES string of the molecule is CCCc1nsc(N2CCC(CNC(C)C)CC2)n1. The van der Waals surface area contributed by atoms with Gasteiger partial charge in [-0.1, -0.05) is 20.8 Å². The molecule has 0 amide bonds. The molecule has 2 heterocycles. The van der Waals surface area contributed by atoms with Crippen molar-refractivity contribution in [2.24, 2.45) is 5.92 Å². The molecule has 0 bridgehead atoms. The van der Waals surface area contributed by atoms with Gasteiger partial charge in [0.05, 0.1) is 0 Å². The van der Waals surface area contributed by atoms with E-state index in [0.717, 1.165) is 49.3 Å². The van der Waals surface area contributed by atoms with Crippen LogP contribution >= 0.6 is 11.5 Å². The van der Waals surface area contributed by atoms with E-state index in [2.05, 4.69) is 40.3 Å². The lowest BCUT2D eigenvalue weighted by Crippen LogP contribution is -2.38. The predicted molar refractivity (Wildman–Crippen MR) is 82.0 cm³/mol. The monoisotopic (exact) mass is 282 g/mol. The van der Waals surface area contributed by atoms with Crippen LogP contribution in [0.2, 0.25) is 0 Å². The third-order valence-corrected chi connectivity index (χ3v) is 4.45. The Hall–Kier alpha value is -0.680. The van der Waals surface area contributed by atoms with Crippen molar-refractivity contribution in [3.63, 3.8) is 0 Å². The first-order chi connectivity index (χ1) is 9.19. The van der Waals surface area contributed by atoms with E-state index in [-0.39, 0.29) is 0 Å². The number of hydrogen-bond donors (Lipinski definition) is 1. The van der Waals surface area contributed by atoms with Gasteiger partial charge < -0.3 is 10.2 Å². The summed E-state index contributed by atoms with van der Waals surface area (Å²) in [6.07, 6.45) is 4.66. The second-order valence-electron chi connectivity index (χ2n) is 5.74. The summed E-state index contributed by atoms with van der Waals surface area (Å²) in [5.74, 6) is 1.84. The Kier molecular flexibility index (Phi) is 5.58. The number of hydrogen-bond acceptors (Lipinski definition) is 5. The summed E-state index contributed by atoms with van der Waals surface area (Å²) >= 11 is 1.56. The van der Waals surface area contributed by atoms with E-state index in [1.165, 1.54) is 12.8 Å². The normalized spacial score (nSPS) is 17.4. The topological polar surface area (TPSA) is 41.1 Å². The summed E-state index contributed by atoms with van der Waals surface area (Å²) in [6, 6.07) is 0.595. The molecule has 0 aromatic carbocycles. The molecule has 1 aromatic heterocycles. The molecule has 0 aliphatic carbocycles. The van der Waals surface area contributed by atoms with Gasteiger partial charge >= 0.3 is 0 Å². The molecule has 0 saturated carbocycles. The van der Waals surface area contributed by atoms with Crippen LogP contribution in [0.1, 0.15) is 45.9 Å². The fourth-order valence-electron chi connectivity index (χ4n) is 2.43. The van der Waals surface area contributed by atoms with E-state index in [4.69, 9.17) is 0 Å². The van der Waals surface area contributed by atoms with Gasteiger partial charge in [-0.15, -0.1) is 0 Å². The number of nitrogens with one attached hydrogen (secondary N) is 1. The zero-order valence-corrected chi connectivity index (χ0v) is 13.2. The maximum atomic E-state index is 4.64. The Morgan fingerprint density at radius 3 is 2.74 bits per heavy atom. The smallest absolute Gasteiger partial charge is 0.205 e. The van der Waals surface area contributed by atoms with Crippen LogP contribution in [0.3, 0.4) is 0 Å². The highest BCUT2D eigenvalue weighted by atomic mass is 32.1. The van der Waals surface area contributed by atoms with Gasteiger partial charge in [0.15, 0.2) is 0 Å². The predicted octanol–water partition coefficient (Wildman–Crippen LogP) is 2.71. The average molecular weight is 282 g/mol. The lowest BCUT2D eigenvalue weighted by Gasteiger charge is -2.32. The second kappa shape index (κ2) is 7.20. The molecule has 4 nitrogen and oxygen atoms in total. The number of aryl methyl sites for hydroxylation is 1. The number of nitrogens with zero attached hydrogens (tertiary/aromatic N) is 3. The van der Waals surface area contributed by atoms with Crippen molar-refractivity contribution < 1.29 is 0 Å². The highest BCUT2D eigenvalue weighted by Gasteiger charge is 2.21. The van der Waals surface area contributed by atoms with Gasteiger partial charge in [-0.25, -0.2) is 4.98 Å². The molecule has 0 unspecified atom stereocenters. The summed E-state index contributed by atoms with van der Waals surface area (Å²) in [4.78, 5) is 7.05. The average Bonchev–Trinajstić information content (AvgIpc) is 2.86. The molecule has 1 saturated heterocycles. The van der Waals surface area contributed by atoms with Crippen molar-refractivity contribution >= 4 is 16.7 Å². The van der Waals surface area contributed by atoms with Crippen molar-refractivity contribution in [1.29, 1.82) is 0 Å². The lowest BCUT2D eigenvalue weighted by atomic mass is 9.97. The summed E-state index contributed by atoms with van der Waals surface area (Å²) in [5, 5.41) is 4.67. The van der Waals surface area contributed by atoms with E-state index in [1.54, 1.807) is 11.5 Å². The molecule has 1 aliphatic rings. The van der Waals surface area contributed by atoms with Crippen molar-refractivity contribution in [3.8, 4) is 0 Å². The quantitative estimate of drug-likeness (QED) is 0.871. The molecule has 1 aliphatic heterocycles.